The first-order valence-corrected chi connectivity index (χ1v) is 8.86. The summed E-state index contributed by atoms with van der Waals surface area (Å²) in [5.41, 5.74) is 1.17. The van der Waals surface area contributed by atoms with Gasteiger partial charge in [0.1, 0.15) is 17.9 Å². The monoisotopic (exact) mass is 357 g/mol. The number of hydrogen-bond acceptors (Lipinski definition) is 5. The maximum absolute atomic E-state index is 5.49. The summed E-state index contributed by atoms with van der Waals surface area (Å²) in [5, 5.41) is 10.8. The molecule has 0 saturated carbocycles. The molecular weight excluding hydrogens is 330 g/mol. The number of nitrogens with zero attached hydrogens (tertiary/aromatic N) is 5. The first-order valence-electron chi connectivity index (χ1n) is 8.86. The Bertz CT molecular complexity index is 743. The zero-order chi connectivity index (χ0) is 18.4. The molecule has 8 nitrogen and oxygen atoms in total. The molecule has 2 aromatic rings. The van der Waals surface area contributed by atoms with Gasteiger partial charge in [-0.3, -0.25) is 9.67 Å². The van der Waals surface area contributed by atoms with Crippen LogP contribution in [0.1, 0.15) is 12.2 Å². The molecule has 1 aromatic carbocycles. The van der Waals surface area contributed by atoms with E-state index in [9.17, 15) is 0 Å². The highest BCUT2D eigenvalue weighted by Gasteiger charge is 2.24. The summed E-state index contributed by atoms with van der Waals surface area (Å²) in [4.78, 5) is 10.9. The molecule has 8 heteroatoms. The van der Waals surface area contributed by atoms with Crippen molar-refractivity contribution < 1.29 is 4.74 Å². The molecule has 140 valence electrons. The third-order valence-corrected chi connectivity index (χ3v) is 4.71. The van der Waals surface area contributed by atoms with E-state index in [1.807, 2.05) is 19.2 Å². The largest absolute Gasteiger partial charge is 0.495 e. The highest BCUT2D eigenvalue weighted by atomic mass is 16.5. The first kappa shape index (κ1) is 18.0. The summed E-state index contributed by atoms with van der Waals surface area (Å²) in [6.07, 6.45) is 2.70. The van der Waals surface area contributed by atoms with Crippen LogP contribution >= 0.6 is 0 Å². The molecule has 1 fully saturated rings. The van der Waals surface area contributed by atoms with Crippen molar-refractivity contribution >= 4 is 11.6 Å². The Morgan fingerprint density at radius 3 is 2.92 bits per heavy atom. The van der Waals surface area contributed by atoms with Crippen LogP contribution in [-0.2, 0) is 13.6 Å². The molecule has 0 aliphatic carbocycles. The second kappa shape index (κ2) is 8.55. The Balaban J connectivity index is 1.48. The second-order valence-corrected chi connectivity index (χ2v) is 6.38. The SMILES string of the molecule is CN=C(NCc1ncnn1C)NCC1CCN(c2ccccc2OC)C1. The van der Waals surface area contributed by atoms with Crippen molar-refractivity contribution in [3.8, 4) is 5.75 Å². The lowest BCUT2D eigenvalue weighted by Gasteiger charge is -2.21. The van der Waals surface area contributed by atoms with Gasteiger partial charge < -0.3 is 20.3 Å². The summed E-state index contributed by atoms with van der Waals surface area (Å²) < 4.78 is 7.24. The van der Waals surface area contributed by atoms with Crippen LogP contribution in [0, 0.1) is 5.92 Å². The molecule has 1 aromatic heterocycles. The molecule has 0 bridgehead atoms. The van der Waals surface area contributed by atoms with E-state index in [1.54, 1.807) is 25.2 Å². The number of hydrogen-bond donors (Lipinski definition) is 2. The lowest BCUT2D eigenvalue weighted by molar-refractivity contribution is 0.414. The molecule has 1 unspecified atom stereocenters. The van der Waals surface area contributed by atoms with Crippen LogP contribution in [0.5, 0.6) is 5.75 Å². The van der Waals surface area contributed by atoms with Gasteiger partial charge in [-0.05, 0) is 24.5 Å². The Hall–Kier alpha value is -2.77. The molecular formula is C18H27N7O. The molecule has 1 aliphatic heterocycles. The average Bonchev–Trinajstić information content (AvgIpc) is 3.31. The fourth-order valence-corrected chi connectivity index (χ4v) is 3.21. The fraction of sp³-hybridized carbons (Fsp3) is 0.500. The third-order valence-electron chi connectivity index (χ3n) is 4.71. The normalized spacial score (nSPS) is 17.4. The van der Waals surface area contributed by atoms with Crippen molar-refractivity contribution in [2.24, 2.45) is 18.0 Å². The summed E-state index contributed by atoms with van der Waals surface area (Å²) in [7, 11) is 5.38. The minimum Gasteiger partial charge on any atom is -0.495 e. The molecule has 1 saturated heterocycles. The van der Waals surface area contributed by atoms with Gasteiger partial charge in [-0.15, -0.1) is 0 Å². The molecule has 1 atom stereocenters. The number of aliphatic imine (C=N–C) groups is 1. The van der Waals surface area contributed by atoms with Crippen molar-refractivity contribution in [2.45, 2.75) is 13.0 Å². The predicted molar refractivity (Wildman–Crippen MR) is 103 cm³/mol. The number of guanidine groups is 1. The summed E-state index contributed by atoms with van der Waals surface area (Å²) in [5.74, 6) is 3.15. The highest BCUT2D eigenvalue weighted by molar-refractivity contribution is 5.79. The van der Waals surface area contributed by atoms with Gasteiger partial charge in [0.2, 0.25) is 0 Å². The van der Waals surface area contributed by atoms with Gasteiger partial charge >= 0.3 is 0 Å². The number of rotatable bonds is 6. The Morgan fingerprint density at radius 2 is 2.19 bits per heavy atom. The number of para-hydroxylation sites is 2. The van der Waals surface area contributed by atoms with E-state index >= 15 is 0 Å². The standard InChI is InChI=1S/C18H27N7O/c1-19-18(21-11-17-22-13-23-24(17)2)20-10-14-8-9-25(12-14)15-6-4-5-7-16(15)26-3/h4-7,13-14H,8-12H2,1-3H3,(H2,19,20,21). The van der Waals surface area contributed by atoms with Gasteiger partial charge in [0.15, 0.2) is 5.96 Å². The quantitative estimate of drug-likeness (QED) is 0.593. The van der Waals surface area contributed by atoms with E-state index in [4.69, 9.17) is 4.74 Å². The minimum absolute atomic E-state index is 0.563. The molecule has 2 N–H and O–H groups in total. The van der Waals surface area contributed by atoms with Gasteiger partial charge in [0, 0.05) is 33.7 Å². The van der Waals surface area contributed by atoms with Crippen LogP contribution in [-0.4, -0.2) is 54.5 Å². The number of aryl methyl sites for hydroxylation is 1. The van der Waals surface area contributed by atoms with Crippen LogP contribution in [0.3, 0.4) is 0 Å². The lowest BCUT2D eigenvalue weighted by atomic mass is 10.1. The van der Waals surface area contributed by atoms with Crippen LogP contribution in [0.25, 0.3) is 0 Å². The van der Waals surface area contributed by atoms with Crippen LogP contribution in [0.2, 0.25) is 0 Å². The first-order chi connectivity index (χ1) is 12.7. The smallest absolute Gasteiger partial charge is 0.191 e. The molecule has 3 rings (SSSR count). The van der Waals surface area contributed by atoms with Gasteiger partial charge in [-0.2, -0.15) is 5.10 Å². The number of nitrogens with one attached hydrogen (secondary N) is 2. The van der Waals surface area contributed by atoms with Crippen molar-refractivity contribution in [2.75, 3.05) is 38.7 Å². The second-order valence-electron chi connectivity index (χ2n) is 6.38. The van der Waals surface area contributed by atoms with Crippen molar-refractivity contribution in [1.29, 1.82) is 0 Å². The summed E-state index contributed by atoms with van der Waals surface area (Å²) in [6.45, 7) is 3.52. The zero-order valence-electron chi connectivity index (χ0n) is 15.6. The van der Waals surface area contributed by atoms with E-state index in [0.717, 1.165) is 43.6 Å². The highest BCUT2D eigenvalue weighted by Crippen LogP contribution is 2.31. The minimum atomic E-state index is 0.563. The fourth-order valence-electron chi connectivity index (χ4n) is 3.21. The number of methoxy groups -OCH3 is 1. The Kier molecular flexibility index (Phi) is 5.93. The molecule has 0 amide bonds. The molecule has 26 heavy (non-hydrogen) atoms. The van der Waals surface area contributed by atoms with E-state index < -0.39 is 0 Å². The van der Waals surface area contributed by atoms with Gasteiger partial charge in [0.05, 0.1) is 19.3 Å². The number of benzene rings is 1. The Morgan fingerprint density at radius 1 is 1.35 bits per heavy atom. The van der Waals surface area contributed by atoms with Crippen LogP contribution < -0.4 is 20.3 Å². The molecule has 1 aliphatic rings. The third kappa shape index (κ3) is 4.25. The van der Waals surface area contributed by atoms with Gasteiger partial charge in [-0.1, -0.05) is 12.1 Å². The lowest BCUT2D eigenvalue weighted by Crippen LogP contribution is -2.40. The van der Waals surface area contributed by atoms with Crippen molar-refractivity contribution in [3.63, 3.8) is 0 Å². The van der Waals surface area contributed by atoms with E-state index in [2.05, 4.69) is 42.7 Å². The average molecular weight is 357 g/mol. The number of anilines is 1. The Labute approximate surface area is 154 Å². The van der Waals surface area contributed by atoms with Crippen molar-refractivity contribution in [1.82, 2.24) is 25.4 Å². The maximum Gasteiger partial charge on any atom is 0.191 e. The number of aromatic nitrogens is 3. The van der Waals surface area contributed by atoms with Crippen molar-refractivity contribution in [3.05, 3.63) is 36.4 Å². The maximum atomic E-state index is 5.49. The van der Waals surface area contributed by atoms with E-state index in [0.29, 0.717) is 12.5 Å². The molecule has 2 heterocycles. The number of ether oxygens (including phenoxy) is 1. The zero-order valence-corrected chi connectivity index (χ0v) is 15.6. The van der Waals surface area contributed by atoms with E-state index in [-0.39, 0.29) is 0 Å². The molecule has 0 radical (unpaired) electrons. The topological polar surface area (TPSA) is 79.6 Å². The van der Waals surface area contributed by atoms with Crippen LogP contribution in [0.4, 0.5) is 5.69 Å². The van der Waals surface area contributed by atoms with Gasteiger partial charge in [-0.25, -0.2) is 4.98 Å². The van der Waals surface area contributed by atoms with Gasteiger partial charge in [0.25, 0.3) is 0 Å². The predicted octanol–water partition coefficient (Wildman–Crippen LogP) is 1.02. The van der Waals surface area contributed by atoms with Crippen LogP contribution in [0.15, 0.2) is 35.6 Å². The molecule has 0 spiro atoms. The summed E-state index contributed by atoms with van der Waals surface area (Å²) in [6, 6.07) is 8.20. The van der Waals surface area contributed by atoms with E-state index in [1.165, 1.54) is 5.69 Å². The summed E-state index contributed by atoms with van der Waals surface area (Å²) >= 11 is 0.